The van der Waals surface area contributed by atoms with E-state index in [9.17, 15) is 8.78 Å². The van der Waals surface area contributed by atoms with Gasteiger partial charge < -0.3 is 10.1 Å². The maximum Gasteiger partial charge on any atom is 0.258 e. The average molecular weight is 264 g/mol. The largest absolute Gasteiger partial charge is 0.436 e. The molecule has 100 valence electrons. The Kier molecular flexibility index (Phi) is 3.94. The molecule has 0 bridgehead atoms. The lowest BCUT2D eigenvalue weighted by Gasteiger charge is -2.08. The SMILES string of the molecule is CCc1ccc(Oc2nc(NC)c(F)cc2F)cc1. The summed E-state index contributed by atoms with van der Waals surface area (Å²) >= 11 is 0. The van der Waals surface area contributed by atoms with Crippen LogP contribution in [0.15, 0.2) is 30.3 Å². The molecule has 0 saturated heterocycles. The maximum atomic E-state index is 13.5. The number of halogens is 2. The van der Waals surface area contributed by atoms with E-state index in [1.165, 1.54) is 7.05 Å². The van der Waals surface area contributed by atoms with Crippen LogP contribution in [0.3, 0.4) is 0 Å². The Morgan fingerprint density at radius 2 is 1.84 bits per heavy atom. The van der Waals surface area contributed by atoms with Gasteiger partial charge in [0.2, 0.25) is 0 Å². The quantitative estimate of drug-likeness (QED) is 0.913. The van der Waals surface area contributed by atoms with Crippen molar-refractivity contribution in [2.24, 2.45) is 0 Å². The first-order valence-corrected chi connectivity index (χ1v) is 5.94. The predicted octanol–water partition coefficient (Wildman–Crippen LogP) is 3.76. The molecule has 1 aromatic heterocycles. The number of anilines is 1. The van der Waals surface area contributed by atoms with Crippen LogP contribution in [-0.2, 0) is 6.42 Å². The van der Waals surface area contributed by atoms with Gasteiger partial charge in [-0.05, 0) is 24.1 Å². The maximum absolute atomic E-state index is 13.5. The third kappa shape index (κ3) is 2.99. The Labute approximate surface area is 110 Å². The highest BCUT2D eigenvalue weighted by atomic mass is 19.1. The first-order valence-electron chi connectivity index (χ1n) is 5.94. The minimum absolute atomic E-state index is 0.0541. The molecule has 0 saturated carbocycles. The number of aryl methyl sites for hydroxylation is 1. The minimum Gasteiger partial charge on any atom is -0.436 e. The standard InChI is InChI=1S/C14H14F2N2O/c1-3-9-4-6-10(7-5-9)19-14-12(16)8-11(15)13(17-2)18-14/h4-8H,3H2,1-2H3,(H,17,18). The highest BCUT2D eigenvalue weighted by Gasteiger charge is 2.12. The van der Waals surface area contributed by atoms with Gasteiger partial charge in [-0.1, -0.05) is 19.1 Å². The summed E-state index contributed by atoms with van der Waals surface area (Å²) in [6.45, 7) is 2.04. The second kappa shape index (κ2) is 5.65. The van der Waals surface area contributed by atoms with Gasteiger partial charge in [-0.2, -0.15) is 4.98 Å². The molecule has 2 aromatic rings. The number of ether oxygens (including phenoxy) is 1. The van der Waals surface area contributed by atoms with Gasteiger partial charge in [-0.15, -0.1) is 0 Å². The number of hydrogen-bond acceptors (Lipinski definition) is 3. The lowest BCUT2D eigenvalue weighted by atomic mass is 10.2. The number of pyridine rings is 1. The highest BCUT2D eigenvalue weighted by Crippen LogP contribution is 2.25. The van der Waals surface area contributed by atoms with E-state index in [-0.39, 0.29) is 11.7 Å². The van der Waals surface area contributed by atoms with Gasteiger partial charge in [-0.25, -0.2) is 8.78 Å². The zero-order valence-corrected chi connectivity index (χ0v) is 10.7. The fourth-order valence-electron chi connectivity index (χ4n) is 1.60. The lowest BCUT2D eigenvalue weighted by Crippen LogP contribution is -2.01. The van der Waals surface area contributed by atoms with Gasteiger partial charge in [0.1, 0.15) is 5.75 Å². The summed E-state index contributed by atoms with van der Waals surface area (Å²) < 4.78 is 32.1. The van der Waals surface area contributed by atoms with Crippen LogP contribution in [0.2, 0.25) is 0 Å². The average Bonchev–Trinajstić information content (AvgIpc) is 2.42. The second-order valence-corrected chi connectivity index (χ2v) is 3.96. The minimum atomic E-state index is -0.837. The number of rotatable bonds is 4. The van der Waals surface area contributed by atoms with Gasteiger partial charge in [0.15, 0.2) is 17.5 Å². The van der Waals surface area contributed by atoms with E-state index >= 15 is 0 Å². The molecule has 0 radical (unpaired) electrons. The summed E-state index contributed by atoms with van der Waals surface area (Å²) in [6.07, 6.45) is 0.910. The molecule has 1 heterocycles. The van der Waals surface area contributed by atoms with Crippen molar-refractivity contribution in [3.63, 3.8) is 0 Å². The van der Waals surface area contributed by atoms with Crippen LogP contribution in [0.4, 0.5) is 14.6 Å². The molecule has 0 amide bonds. The van der Waals surface area contributed by atoms with Crippen molar-refractivity contribution in [2.75, 3.05) is 12.4 Å². The predicted molar refractivity (Wildman–Crippen MR) is 69.6 cm³/mol. The molecule has 3 nitrogen and oxygen atoms in total. The topological polar surface area (TPSA) is 34.1 Å². The zero-order chi connectivity index (χ0) is 13.8. The normalized spacial score (nSPS) is 10.3. The third-order valence-corrected chi connectivity index (χ3v) is 2.68. The summed E-state index contributed by atoms with van der Waals surface area (Å²) in [6, 6.07) is 7.96. The fraction of sp³-hybridized carbons (Fsp3) is 0.214. The van der Waals surface area contributed by atoms with E-state index in [1.54, 1.807) is 12.1 Å². The van der Waals surface area contributed by atoms with Crippen LogP contribution in [0, 0.1) is 11.6 Å². The number of aromatic nitrogens is 1. The van der Waals surface area contributed by atoms with Crippen molar-refractivity contribution < 1.29 is 13.5 Å². The zero-order valence-electron chi connectivity index (χ0n) is 10.7. The number of nitrogens with zero attached hydrogens (tertiary/aromatic N) is 1. The molecular formula is C14H14F2N2O. The molecule has 0 unspecified atom stereocenters. The highest BCUT2D eigenvalue weighted by molar-refractivity contribution is 5.40. The lowest BCUT2D eigenvalue weighted by molar-refractivity contribution is 0.418. The van der Waals surface area contributed by atoms with Crippen LogP contribution in [-0.4, -0.2) is 12.0 Å². The van der Waals surface area contributed by atoms with Gasteiger partial charge >= 0.3 is 0 Å². The molecule has 0 aliphatic carbocycles. The van der Waals surface area contributed by atoms with Crippen LogP contribution < -0.4 is 10.1 Å². The van der Waals surface area contributed by atoms with E-state index < -0.39 is 11.6 Å². The Morgan fingerprint density at radius 1 is 1.16 bits per heavy atom. The number of hydrogen-bond donors (Lipinski definition) is 1. The van der Waals surface area contributed by atoms with Gasteiger partial charge in [0.25, 0.3) is 5.88 Å². The van der Waals surface area contributed by atoms with E-state index in [0.29, 0.717) is 5.75 Å². The van der Waals surface area contributed by atoms with E-state index in [2.05, 4.69) is 10.3 Å². The summed E-state index contributed by atoms with van der Waals surface area (Å²) in [5.74, 6) is -1.45. The van der Waals surface area contributed by atoms with Crippen molar-refractivity contribution in [3.05, 3.63) is 47.5 Å². The van der Waals surface area contributed by atoms with Gasteiger partial charge in [0.05, 0.1) is 0 Å². The monoisotopic (exact) mass is 264 g/mol. The van der Waals surface area contributed by atoms with Crippen molar-refractivity contribution >= 4 is 5.82 Å². The molecule has 5 heteroatoms. The van der Waals surface area contributed by atoms with Crippen LogP contribution >= 0.6 is 0 Å². The van der Waals surface area contributed by atoms with E-state index in [4.69, 9.17) is 4.74 Å². The number of nitrogens with one attached hydrogen (secondary N) is 1. The first-order chi connectivity index (χ1) is 9.13. The molecule has 0 fully saturated rings. The first kappa shape index (κ1) is 13.3. The van der Waals surface area contributed by atoms with Crippen LogP contribution in [0.25, 0.3) is 0 Å². The fourth-order valence-corrected chi connectivity index (χ4v) is 1.60. The molecule has 0 aliphatic rings. The van der Waals surface area contributed by atoms with E-state index in [1.807, 2.05) is 19.1 Å². The summed E-state index contributed by atoms with van der Waals surface area (Å²) in [4.78, 5) is 3.74. The molecule has 0 aliphatic heterocycles. The third-order valence-electron chi connectivity index (χ3n) is 2.68. The van der Waals surface area contributed by atoms with Crippen molar-refractivity contribution in [1.29, 1.82) is 0 Å². The van der Waals surface area contributed by atoms with Gasteiger partial charge in [0, 0.05) is 13.1 Å². The van der Waals surface area contributed by atoms with Crippen LogP contribution in [0.5, 0.6) is 11.6 Å². The molecular weight excluding hydrogens is 250 g/mol. The van der Waals surface area contributed by atoms with Crippen molar-refractivity contribution in [2.45, 2.75) is 13.3 Å². The van der Waals surface area contributed by atoms with Crippen molar-refractivity contribution in [1.82, 2.24) is 4.98 Å². The molecule has 1 N–H and O–H groups in total. The smallest absolute Gasteiger partial charge is 0.258 e. The Balaban J connectivity index is 2.26. The van der Waals surface area contributed by atoms with E-state index in [0.717, 1.165) is 18.1 Å². The molecule has 1 aromatic carbocycles. The van der Waals surface area contributed by atoms with Crippen molar-refractivity contribution in [3.8, 4) is 11.6 Å². The Morgan fingerprint density at radius 3 is 2.42 bits per heavy atom. The molecule has 0 atom stereocenters. The van der Waals surface area contributed by atoms with Gasteiger partial charge in [-0.3, -0.25) is 0 Å². The second-order valence-electron chi connectivity index (χ2n) is 3.96. The number of benzene rings is 1. The Hall–Kier alpha value is -2.17. The molecule has 2 rings (SSSR count). The summed E-state index contributed by atoms with van der Waals surface area (Å²) in [7, 11) is 1.50. The van der Waals surface area contributed by atoms with Crippen LogP contribution in [0.1, 0.15) is 12.5 Å². The molecule has 0 spiro atoms. The summed E-state index contributed by atoms with van der Waals surface area (Å²) in [5, 5.41) is 2.53. The molecule has 19 heavy (non-hydrogen) atoms. The Bertz CT molecular complexity index is 570. The summed E-state index contributed by atoms with van der Waals surface area (Å²) in [5.41, 5.74) is 1.15.